The maximum atomic E-state index is 11.6. The highest BCUT2D eigenvalue weighted by molar-refractivity contribution is 5.80. The third kappa shape index (κ3) is 1.35. The zero-order chi connectivity index (χ0) is 10.1. The Morgan fingerprint density at radius 3 is 1.71 bits per heavy atom. The lowest BCUT2D eigenvalue weighted by molar-refractivity contribution is 0.243. The first-order valence-corrected chi connectivity index (χ1v) is 3.95. The molecule has 0 spiro atoms. The predicted octanol–water partition coefficient (Wildman–Crippen LogP) is 1.22. The van der Waals surface area contributed by atoms with Crippen molar-refractivity contribution in [2.45, 2.75) is 0 Å². The molecule has 72 valence electrons. The molecule has 2 rings (SSSR count). The summed E-state index contributed by atoms with van der Waals surface area (Å²) in [5.41, 5.74) is 0. The van der Waals surface area contributed by atoms with Gasteiger partial charge in [0.25, 0.3) is 0 Å². The van der Waals surface area contributed by atoms with Crippen molar-refractivity contribution in [3.8, 4) is 11.5 Å². The Balaban J connectivity index is 2.33. The molecule has 0 aliphatic carbocycles. The molecule has 14 heavy (non-hydrogen) atoms. The van der Waals surface area contributed by atoms with E-state index >= 15 is 0 Å². The zero-order valence-electron chi connectivity index (χ0n) is 7.16. The minimum Gasteiger partial charge on any atom is -0.506 e. The maximum Gasteiger partial charge on any atom is 0.336 e. The molecule has 0 bridgehead atoms. The van der Waals surface area contributed by atoms with Crippen LogP contribution in [-0.2, 0) is 0 Å². The van der Waals surface area contributed by atoms with E-state index in [1.807, 2.05) is 0 Å². The smallest absolute Gasteiger partial charge is 0.336 e. The van der Waals surface area contributed by atoms with E-state index in [4.69, 9.17) is 10.2 Å². The molecule has 0 atom stereocenters. The minimum atomic E-state index is -0.370. The summed E-state index contributed by atoms with van der Waals surface area (Å²) < 4.78 is 2.43. The highest BCUT2D eigenvalue weighted by Crippen LogP contribution is 2.11. The molecule has 2 N–H and O–H groups in total. The number of carbonyl (C=O) groups excluding carboxylic acids is 1. The first kappa shape index (κ1) is 8.43. The molecule has 0 radical (unpaired) electrons. The Morgan fingerprint density at radius 2 is 1.43 bits per heavy atom. The topological polar surface area (TPSA) is 67.4 Å². The van der Waals surface area contributed by atoms with Gasteiger partial charge in [0.1, 0.15) is 11.5 Å². The fourth-order valence-electron chi connectivity index (χ4n) is 1.14. The highest BCUT2D eigenvalue weighted by Gasteiger charge is 2.07. The van der Waals surface area contributed by atoms with Gasteiger partial charge in [-0.15, -0.1) is 0 Å². The van der Waals surface area contributed by atoms with Gasteiger partial charge in [0.2, 0.25) is 0 Å². The Bertz CT molecular complexity index is 428. The molecule has 5 heteroatoms. The second-order valence-electron chi connectivity index (χ2n) is 2.84. The summed E-state index contributed by atoms with van der Waals surface area (Å²) in [5.74, 6) is 0.0458. The first-order chi connectivity index (χ1) is 6.66. The van der Waals surface area contributed by atoms with Crippen LogP contribution in [0.5, 0.6) is 11.5 Å². The van der Waals surface area contributed by atoms with E-state index in [0.29, 0.717) is 0 Å². The molecule has 0 saturated carbocycles. The molecule has 2 heterocycles. The predicted molar refractivity (Wildman–Crippen MR) is 48.4 cm³/mol. The Labute approximate surface area is 79.4 Å². The molecule has 0 unspecified atom stereocenters. The lowest BCUT2D eigenvalue weighted by atomic mass is 10.6. The second-order valence-corrected chi connectivity index (χ2v) is 2.84. The van der Waals surface area contributed by atoms with Gasteiger partial charge in [-0.1, -0.05) is 0 Å². The first-order valence-electron chi connectivity index (χ1n) is 3.95. The van der Waals surface area contributed by atoms with Crippen LogP contribution in [0.4, 0.5) is 4.79 Å². The summed E-state index contributed by atoms with van der Waals surface area (Å²) in [6, 6.07) is 2.44. The van der Waals surface area contributed by atoms with Crippen molar-refractivity contribution in [3.63, 3.8) is 0 Å². The monoisotopic (exact) mass is 192 g/mol. The number of rotatable bonds is 0. The van der Waals surface area contributed by atoms with Gasteiger partial charge in [-0.3, -0.25) is 9.13 Å². The molecule has 2 aromatic heterocycles. The molecule has 0 aliphatic heterocycles. The van der Waals surface area contributed by atoms with Crippen molar-refractivity contribution in [3.05, 3.63) is 36.9 Å². The van der Waals surface area contributed by atoms with Crippen molar-refractivity contribution < 1.29 is 15.0 Å². The number of hydrogen-bond donors (Lipinski definition) is 2. The van der Waals surface area contributed by atoms with E-state index in [0.717, 1.165) is 0 Å². The number of carbonyl (C=O) groups is 1. The van der Waals surface area contributed by atoms with Gasteiger partial charge in [0.15, 0.2) is 0 Å². The Kier molecular flexibility index (Phi) is 1.78. The van der Waals surface area contributed by atoms with Crippen LogP contribution in [0.2, 0.25) is 0 Å². The molecular formula is C9H8N2O3. The fraction of sp³-hybridized carbons (Fsp3) is 0. The summed E-state index contributed by atoms with van der Waals surface area (Å²) >= 11 is 0. The van der Waals surface area contributed by atoms with Crippen LogP contribution >= 0.6 is 0 Å². The van der Waals surface area contributed by atoms with Gasteiger partial charge in [0.05, 0.1) is 12.4 Å². The lowest BCUT2D eigenvalue weighted by Crippen LogP contribution is -2.15. The number of aromatic nitrogens is 2. The van der Waals surface area contributed by atoms with Crippen molar-refractivity contribution in [2.75, 3.05) is 0 Å². The van der Waals surface area contributed by atoms with Crippen LogP contribution < -0.4 is 0 Å². The average Bonchev–Trinajstić information content (AvgIpc) is 2.73. The summed E-state index contributed by atoms with van der Waals surface area (Å²) in [6.45, 7) is 0. The van der Waals surface area contributed by atoms with Crippen molar-refractivity contribution >= 4 is 6.03 Å². The lowest BCUT2D eigenvalue weighted by Gasteiger charge is -2.00. The molecule has 0 aliphatic rings. The summed E-state index contributed by atoms with van der Waals surface area (Å²) in [6.07, 6.45) is 5.46. The molecule has 0 amide bonds. The van der Waals surface area contributed by atoms with Crippen LogP contribution in [0.25, 0.3) is 0 Å². The van der Waals surface area contributed by atoms with Crippen LogP contribution in [0.15, 0.2) is 36.9 Å². The van der Waals surface area contributed by atoms with Gasteiger partial charge in [0, 0.05) is 12.4 Å². The second kappa shape index (κ2) is 2.95. The van der Waals surface area contributed by atoms with Gasteiger partial charge in [-0.25, -0.2) is 4.79 Å². The highest BCUT2D eigenvalue weighted by atomic mass is 16.3. The van der Waals surface area contributed by atoms with E-state index in [1.165, 1.54) is 46.1 Å². The molecule has 5 nitrogen and oxygen atoms in total. The van der Waals surface area contributed by atoms with Crippen LogP contribution in [0.3, 0.4) is 0 Å². The van der Waals surface area contributed by atoms with E-state index in [-0.39, 0.29) is 17.5 Å². The standard InChI is InChI=1S/C9H8N2O3/c12-7-1-3-10(5-7)9(14)11-4-2-8(13)6-11/h1-6,12-13H. The Morgan fingerprint density at radius 1 is 1.00 bits per heavy atom. The molecule has 0 fully saturated rings. The van der Waals surface area contributed by atoms with Crippen LogP contribution in [0.1, 0.15) is 0 Å². The molecule has 0 aromatic carbocycles. The number of nitrogens with zero attached hydrogens (tertiary/aromatic N) is 2. The normalized spacial score (nSPS) is 10.3. The number of hydrogen-bond acceptors (Lipinski definition) is 3. The largest absolute Gasteiger partial charge is 0.506 e. The van der Waals surface area contributed by atoms with Crippen molar-refractivity contribution in [2.24, 2.45) is 0 Å². The zero-order valence-corrected chi connectivity index (χ0v) is 7.16. The van der Waals surface area contributed by atoms with Crippen LogP contribution in [0, 0.1) is 0 Å². The maximum absolute atomic E-state index is 11.6. The third-order valence-electron chi connectivity index (χ3n) is 1.80. The van der Waals surface area contributed by atoms with Gasteiger partial charge < -0.3 is 10.2 Å². The molecular weight excluding hydrogens is 184 g/mol. The quantitative estimate of drug-likeness (QED) is 0.659. The Hall–Kier alpha value is -2.17. The van der Waals surface area contributed by atoms with Gasteiger partial charge in [-0.2, -0.15) is 0 Å². The third-order valence-corrected chi connectivity index (χ3v) is 1.80. The molecule has 2 aromatic rings. The SMILES string of the molecule is O=C(n1ccc(O)c1)n1ccc(O)c1. The summed E-state index contributed by atoms with van der Waals surface area (Å²) in [5, 5.41) is 18.0. The molecule has 0 saturated heterocycles. The van der Waals surface area contributed by atoms with Crippen molar-refractivity contribution in [1.82, 2.24) is 9.13 Å². The minimum absolute atomic E-state index is 0.0229. The van der Waals surface area contributed by atoms with E-state index in [2.05, 4.69) is 0 Å². The van der Waals surface area contributed by atoms with Crippen LogP contribution in [-0.4, -0.2) is 25.4 Å². The van der Waals surface area contributed by atoms with E-state index < -0.39 is 0 Å². The average molecular weight is 192 g/mol. The van der Waals surface area contributed by atoms with E-state index in [1.54, 1.807) is 0 Å². The van der Waals surface area contributed by atoms with Gasteiger partial charge in [-0.05, 0) is 12.1 Å². The van der Waals surface area contributed by atoms with Gasteiger partial charge >= 0.3 is 6.03 Å². The van der Waals surface area contributed by atoms with Crippen molar-refractivity contribution in [1.29, 1.82) is 0 Å². The summed E-state index contributed by atoms with van der Waals surface area (Å²) in [4.78, 5) is 11.6. The number of aromatic hydroxyl groups is 2. The van der Waals surface area contributed by atoms with E-state index in [9.17, 15) is 4.79 Å². The fourth-order valence-corrected chi connectivity index (χ4v) is 1.14. The summed E-state index contributed by atoms with van der Waals surface area (Å²) in [7, 11) is 0.